The number of aliphatic imine (C=N–C) groups is 1. The average Bonchev–Trinajstić information content (AvgIpc) is 3.40. The smallest absolute Gasteiger partial charge is 1.00 e. The molecule has 3 aromatic rings. The van der Waals surface area contributed by atoms with Gasteiger partial charge in [-0.3, -0.25) is 4.99 Å². The first-order valence-electron chi connectivity index (χ1n) is 10.1. The Balaban J connectivity index is 0.000000202. The van der Waals surface area contributed by atoms with Crippen LogP contribution in [-0.2, 0) is 26.2 Å². The monoisotopic (exact) mass is 538 g/mol. The number of nitrogens with zero attached hydrogens (tertiary/aromatic N) is 1. The van der Waals surface area contributed by atoms with Crippen LogP contribution in [0.4, 0.5) is 0 Å². The third kappa shape index (κ3) is 4.18. The minimum absolute atomic E-state index is 0. The fourth-order valence-corrected chi connectivity index (χ4v) is 8.02. The van der Waals surface area contributed by atoms with Crippen molar-refractivity contribution in [3.05, 3.63) is 101 Å². The van der Waals surface area contributed by atoms with E-state index in [2.05, 4.69) is 104 Å². The molecule has 1 radical (unpaired) electrons. The molecule has 155 valence electrons. The molecule has 3 aromatic carbocycles. The van der Waals surface area contributed by atoms with Gasteiger partial charge in [0.2, 0.25) is 0 Å². The largest absolute Gasteiger partial charge is 3.00 e. The van der Waals surface area contributed by atoms with E-state index in [1.165, 1.54) is 38.9 Å². The van der Waals surface area contributed by atoms with Crippen molar-refractivity contribution in [2.24, 2.45) is 4.99 Å². The number of benzene rings is 2. The minimum Gasteiger partial charge on any atom is -1.00 e. The molecule has 0 N–H and O–H groups in total. The summed E-state index contributed by atoms with van der Waals surface area (Å²) in [5, 5.41) is 5.93. The first-order valence-corrected chi connectivity index (χ1v) is 13.1. The van der Waals surface area contributed by atoms with Crippen LogP contribution in [-0.4, -0.2) is 13.8 Å². The van der Waals surface area contributed by atoms with Crippen LogP contribution in [0.25, 0.3) is 21.9 Å². The van der Waals surface area contributed by atoms with Crippen LogP contribution >= 0.6 is 0 Å². The molecular weight excluding hydrogens is 517 g/mol. The molecule has 6 rings (SSSR count). The van der Waals surface area contributed by atoms with Crippen molar-refractivity contribution in [1.29, 1.82) is 0 Å². The zero-order valence-corrected chi connectivity index (χ0v) is 22.9. The molecule has 0 spiro atoms. The molecule has 2 heterocycles. The van der Waals surface area contributed by atoms with E-state index in [0.29, 0.717) is 0 Å². The molecule has 1 aliphatic carbocycles. The molecule has 0 bridgehead atoms. The van der Waals surface area contributed by atoms with E-state index < -0.39 is 8.07 Å². The topological polar surface area (TPSA) is 12.4 Å². The van der Waals surface area contributed by atoms with Crippen molar-refractivity contribution in [3.8, 4) is 11.1 Å². The van der Waals surface area contributed by atoms with Gasteiger partial charge in [0.15, 0.2) is 0 Å². The molecule has 0 aromatic heterocycles. The fraction of sp³-hybridized carbons (Fsp3) is 0.154. The third-order valence-corrected chi connectivity index (χ3v) is 9.68. The molecule has 31 heavy (non-hydrogen) atoms. The number of allylic oxidation sites excluding steroid dienone is 4. The van der Waals surface area contributed by atoms with Gasteiger partial charge in [-0.15, -0.1) is 29.0 Å². The maximum absolute atomic E-state index is 4.67. The van der Waals surface area contributed by atoms with Gasteiger partial charge < -0.3 is 24.8 Å². The van der Waals surface area contributed by atoms with Crippen LogP contribution in [0.3, 0.4) is 0 Å². The molecule has 0 unspecified atom stereocenters. The summed E-state index contributed by atoms with van der Waals surface area (Å²) in [7, 11) is -1.19. The van der Waals surface area contributed by atoms with Gasteiger partial charge in [0, 0.05) is 11.3 Å². The van der Waals surface area contributed by atoms with Gasteiger partial charge in [0.05, 0.1) is 5.70 Å². The van der Waals surface area contributed by atoms with E-state index in [1.807, 2.05) is 0 Å². The molecule has 0 amide bonds. The number of hydrogen-bond donors (Lipinski definition) is 0. The van der Waals surface area contributed by atoms with Gasteiger partial charge >= 0.3 is 26.2 Å². The van der Waals surface area contributed by atoms with E-state index in [-0.39, 0.29) is 51.0 Å². The van der Waals surface area contributed by atoms with Gasteiger partial charge in [-0.25, -0.2) is 0 Å². The fourth-order valence-electron chi connectivity index (χ4n) is 4.72. The Morgan fingerprint density at radius 2 is 1.65 bits per heavy atom. The number of fused-ring (bicyclic) bond motifs is 1. The van der Waals surface area contributed by atoms with E-state index in [1.54, 1.807) is 10.4 Å². The van der Waals surface area contributed by atoms with Crippen molar-refractivity contribution < 1.29 is 51.0 Å². The van der Waals surface area contributed by atoms with Gasteiger partial charge in [-0.05, 0) is 28.5 Å². The summed E-state index contributed by atoms with van der Waals surface area (Å²) in [6.45, 7) is 7.08. The summed E-state index contributed by atoms with van der Waals surface area (Å²) in [5.41, 5.74) is 6.73. The summed E-state index contributed by atoms with van der Waals surface area (Å²) in [4.78, 5) is 4.67. The van der Waals surface area contributed by atoms with E-state index in [9.17, 15) is 0 Å². The van der Waals surface area contributed by atoms with Crippen LogP contribution in [0.2, 0.25) is 13.1 Å². The predicted molar refractivity (Wildman–Crippen MR) is 123 cm³/mol. The number of rotatable bonds is 2. The molecular formula is C26H24Cl2NSiZr. The standard InChI is InChI=1S/C15H11.C11H13NSi.2ClH.Zr/c1-2-6-12(7-3-1)14-10-4-8-13-9-5-11-15(13)14;1-4-7-11-10-8(12-7)5-6-9(10)13(11,2)3;;;/h1-11H;5-6H,4H2,1-3H3;2*1H;/q-1;;;;+3/p-2. The van der Waals surface area contributed by atoms with Crippen molar-refractivity contribution in [1.82, 2.24) is 0 Å². The summed E-state index contributed by atoms with van der Waals surface area (Å²) >= 11 is 0. The molecule has 0 saturated heterocycles. The van der Waals surface area contributed by atoms with Gasteiger partial charge in [-0.2, -0.15) is 12.1 Å². The second-order valence-corrected chi connectivity index (χ2v) is 12.4. The summed E-state index contributed by atoms with van der Waals surface area (Å²) in [6.07, 6.45) is 5.57. The van der Waals surface area contributed by atoms with E-state index >= 15 is 0 Å². The zero-order chi connectivity index (χ0) is 19.3. The summed E-state index contributed by atoms with van der Waals surface area (Å²) < 4.78 is 0. The second-order valence-electron chi connectivity index (χ2n) is 8.12. The Morgan fingerprint density at radius 3 is 2.35 bits per heavy atom. The Hall–Kier alpha value is -1.38. The molecule has 5 heteroatoms. The Kier molecular flexibility index (Phi) is 8.39. The quantitative estimate of drug-likeness (QED) is 0.340. The summed E-state index contributed by atoms with van der Waals surface area (Å²) in [5.74, 6) is 0. The van der Waals surface area contributed by atoms with Gasteiger partial charge in [0.25, 0.3) is 0 Å². The van der Waals surface area contributed by atoms with Crippen LogP contribution in [0.15, 0.2) is 106 Å². The van der Waals surface area contributed by atoms with E-state index in [4.69, 9.17) is 0 Å². The molecule has 2 aliphatic heterocycles. The molecule has 0 atom stereocenters. The number of hydrogen-bond acceptors (Lipinski definition) is 1. The second kappa shape index (κ2) is 10.0. The van der Waals surface area contributed by atoms with Crippen molar-refractivity contribution in [3.63, 3.8) is 0 Å². The molecule has 0 fully saturated rings. The minimum atomic E-state index is -1.19. The van der Waals surface area contributed by atoms with E-state index in [0.717, 1.165) is 6.42 Å². The van der Waals surface area contributed by atoms with Crippen molar-refractivity contribution in [2.75, 3.05) is 0 Å². The van der Waals surface area contributed by atoms with Crippen LogP contribution in [0, 0.1) is 0 Å². The first-order chi connectivity index (χ1) is 13.6. The first kappa shape index (κ1) is 25.9. The van der Waals surface area contributed by atoms with Crippen LogP contribution in [0.5, 0.6) is 0 Å². The maximum Gasteiger partial charge on any atom is 3.00 e. The molecule has 0 saturated carbocycles. The SMILES string of the molecule is CCC1=NC2=CC=C3C2=C1[Si]3(C)C.[Cl-].[Cl-].[Zr+3].c1ccc(-c2cccc3[cH-]ccc23)cc1. The van der Waals surface area contributed by atoms with Crippen LogP contribution in [0.1, 0.15) is 13.3 Å². The Morgan fingerprint density at radius 1 is 0.903 bits per heavy atom. The predicted octanol–water partition coefficient (Wildman–Crippen LogP) is 1.00. The Labute approximate surface area is 217 Å². The Bertz CT molecular complexity index is 1220. The van der Waals surface area contributed by atoms with Crippen molar-refractivity contribution in [2.45, 2.75) is 26.4 Å². The average molecular weight is 541 g/mol. The summed E-state index contributed by atoms with van der Waals surface area (Å²) in [6, 6.07) is 23.4. The van der Waals surface area contributed by atoms with Gasteiger partial charge in [-0.1, -0.05) is 68.1 Å². The third-order valence-electron chi connectivity index (χ3n) is 6.12. The molecule has 1 nitrogen and oxygen atoms in total. The normalized spacial score (nSPS) is 16.3. The maximum atomic E-state index is 4.67. The number of halogens is 2. The van der Waals surface area contributed by atoms with Crippen molar-refractivity contribution >= 4 is 24.6 Å². The zero-order valence-electron chi connectivity index (χ0n) is 17.9. The van der Waals surface area contributed by atoms with Gasteiger partial charge in [0.1, 0.15) is 8.07 Å². The van der Waals surface area contributed by atoms with Crippen LogP contribution < -0.4 is 24.8 Å². The molecule has 3 aliphatic rings.